The second kappa shape index (κ2) is 7.34. The molecule has 2 atom stereocenters. The Morgan fingerprint density at radius 2 is 2.04 bits per heavy atom. The number of carbonyl (C=O) groups is 2. The number of likely N-dealkylation sites (tertiary alicyclic amines) is 1. The van der Waals surface area contributed by atoms with Crippen molar-refractivity contribution in [2.75, 3.05) is 27.2 Å². The van der Waals surface area contributed by atoms with Gasteiger partial charge in [0.25, 0.3) is 5.91 Å². The molecule has 3 rings (SSSR count). The number of nitrogens with zero attached hydrogens (tertiary/aromatic N) is 3. The van der Waals surface area contributed by atoms with E-state index in [-0.39, 0.29) is 12.0 Å². The third-order valence-electron chi connectivity index (χ3n) is 5.11. The van der Waals surface area contributed by atoms with Crippen molar-refractivity contribution in [1.82, 2.24) is 9.80 Å². The quantitative estimate of drug-likeness (QED) is 0.764. The van der Waals surface area contributed by atoms with Crippen LogP contribution in [-0.2, 0) is 9.53 Å². The summed E-state index contributed by atoms with van der Waals surface area (Å²) in [6.07, 6.45) is 2.02. The predicted molar refractivity (Wildman–Crippen MR) is 93.6 cm³/mol. The summed E-state index contributed by atoms with van der Waals surface area (Å²) in [5, 5.41) is 9.60. The van der Waals surface area contributed by atoms with Gasteiger partial charge in [-0.2, -0.15) is 5.26 Å². The molecule has 2 aliphatic rings. The Hall–Kier alpha value is -2.59. The maximum atomic E-state index is 12.7. The first-order chi connectivity index (χ1) is 12.5. The summed E-state index contributed by atoms with van der Waals surface area (Å²) >= 11 is 0. The van der Waals surface area contributed by atoms with Crippen LogP contribution in [0, 0.1) is 11.3 Å². The van der Waals surface area contributed by atoms with Crippen LogP contribution < -0.4 is 4.74 Å². The number of ether oxygens (including phenoxy) is 2. The number of fused-ring (bicyclic) bond motifs is 1. The van der Waals surface area contributed by atoms with Gasteiger partial charge in [-0.3, -0.25) is 4.79 Å². The molecule has 7 heteroatoms. The Kier molecular flexibility index (Phi) is 5.14. The van der Waals surface area contributed by atoms with Gasteiger partial charge in [-0.25, -0.2) is 4.79 Å². The number of amides is 1. The summed E-state index contributed by atoms with van der Waals surface area (Å²) in [5.74, 6) is -0.233. The first-order valence-corrected chi connectivity index (χ1v) is 8.75. The molecule has 1 fully saturated rings. The van der Waals surface area contributed by atoms with Gasteiger partial charge < -0.3 is 19.3 Å². The molecule has 138 valence electrons. The number of nitriles is 1. The van der Waals surface area contributed by atoms with Crippen LogP contribution in [0.1, 0.15) is 41.7 Å². The van der Waals surface area contributed by atoms with Gasteiger partial charge in [-0.15, -0.1) is 0 Å². The Bertz CT molecular complexity index is 750. The Balaban J connectivity index is 1.83. The fourth-order valence-electron chi connectivity index (χ4n) is 3.55. The van der Waals surface area contributed by atoms with Gasteiger partial charge >= 0.3 is 5.97 Å². The van der Waals surface area contributed by atoms with Crippen molar-refractivity contribution in [1.29, 1.82) is 5.26 Å². The van der Waals surface area contributed by atoms with Crippen molar-refractivity contribution in [3.8, 4) is 11.8 Å². The summed E-state index contributed by atoms with van der Waals surface area (Å²) in [7, 11) is 3.35. The van der Waals surface area contributed by atoms with E-state index in [4.69, 9.17) is 9.47 Å². The van der Waals surface area contributed by atoms with Crippen molar-refractivity contribution < 1.29 is 19.1 Å². The first-order valence-electron chi connectivity index (χ1n) is 8.75. The average Bonchev–Trinajstić information content (AvgIpc) is 2.93. The van der Waals surface area contributed by atoms with Crippen molar-refractivity contribution in [2.45, 2.75) is 38.0 Å². The summed E-state index contributed by atoms with van der Waals surface area (Å²) in [5.41, 5.74) is 1.02. The zero-order valence-corrected chi connectivity index (χ0v) is 15.3. The van der Waals surface area contributed by atoms with E-state index in [2.05, 4.69) is 18.0 Å². The van der Waals surface area contributed by atoms with Crippen LogP contribution in [0.2, 0.25) is 0 Å². The largest absolute Gasteiger partial charge is 0.490 e. The summed E-state index contributed by atoms with van der Waals surface area (Å²) in [6.45, 7) is 3.54. The highest BCUT2D eigenvalue weighted by Gasteiger charge is 2.42. The molecule has 0 aliphatic carbocycles. The molecule has 0 radical (unpaired) electrons. The lowest BCUT2D eigenvalue weighted by molar-refractivity contribution is -0.145. The van der Waals surface area contributed by atoms with E-state index in [1.807, 2.05) is 0 Å². The Morgan fingerprint density at radius 1 is 1.35 bits per heavy atom. The van der Waals surface area contributed by atoms with Gasteiger partial charge in [0.05, 0.1) is 13.2 Å². The molecule has 1 saturated heterocycles. The third-order valence-corrected chi connectivity index (χ3v) is 5.11. The topological polar surface area (TPSA) is 82.9 Å². The highest BCUT2D eigenvalue weighted by atomic mass is 16.5. The molecule has 0 aromatic heterocycles. The number of piperidine rings is 1. The predicted octanol–water partition coefficient (Wildman–Crippen LogP) is 1.74. The van der Waals surface area contributed by atoms with Crippen LogP contribution >= 0.6 is 0 Å². The van der Waals surface area contributed by atoms with Crippen molar-refractivity contribution in [2.24, 2.45) is 0 Å². The zero-order chi connectivity index (χ0) is 18.8. The average molecular weight is 357 g/mol. The molecule has 26 heavy (non-hydrogen) atoms. The lowest BCUT2D eigenvalue weighted by Crippen LogP contribution is -2.41. The van der Waals surface area contributed by atoms with Crippen LogP contribution in [0.15, 0.2) is 18.2 Å². The van der Waals surface area contributed by atoms with Crippen LogP contribution in [0.4, 0.5) is 0 Å². The number of hydrogen-bond acceptors (Lipinski definition) is 6. The third kappa shape index (κ3) is 3.25. The van der Waals surface area contributed by atoms with E-state index >= 15 is 0 Å². The Labute approximate surface area is 153 Å². The highest BCUT2D eigenvalue weighted by molar-refractivity contribution is 6.02. The van der Waals surface area contributed by atoms with E-state index in [1.165, 1.54) is 12.0 Å². The van der Waals surface area contributed by atoms with Crippen molar-refractivity contribution in [3.63, 3.8) is 0 Å². The molecule has 7 nitrogen and oxygen atoms in total. The van der Waals surface area contributed by atoms with Crippen molar-refractivity contribution in [3.05, 3.63) is 29.3 Å². The standard InChI is InChI=1S/C19H23N3O4/c1-12(19(24)25-3)22-17(11-20)16-10-14(4-5-15(16)18(22)23)26-13-6-8-21(2)9-7-13/h4-5,10,12-13,17H,6-9H2,1-3H3. The zero-order valence-electron chi connectivity index (χ0n) is 15.3. The number of benzene rings is 1. The van der Waals surface area contributed by atoms with Gasteiger partial charge in [0, 0.05) is 24.2 Å². The van der Waals surface area contributed by atoms with Crippen LogP contribution in [0.25, 0.3) is 0 Å². The molecule has 0 spiro atoms. The van der Waals surface area contributed by atoms with E-state index in [9.17, 15) is 14.9 Å². The molecule has 1 aromatic carbocycles. The number of methoxy groups -OCH3 is 1. The molecule has 0 N–H and O–H groups in total. The molecule has 0 bridgehead atoms. The lowest BCUT2D eigenvalue weighted by atomic mass is 10.0. The summed E-state index contributed by atoms with van der Waals surface area (Å²) in [4.78, 5) is 28.1. The number of hydrogen-bond donors (Lipinski definition) is 0. The first kappa shape index (κ1) is 18.2. The SMILES string of the molecule is COC(=O)C(C)N1C(=O)c2ccc(OC3CCN(C)CC3)cc2C1C#N. The minimum Gasteiger partial charge on any atom is -0.490 e. The molecule has 2 unspecified atom stereocenters. The van der Waals surface area contributed by atoms with Crippen LogP contribution in [0.5, 0.6) is 5.75 Å². The second-order valence-corrected chi connectivity index (χ2v) is 6.81. The normalized spacial score (nSPS) is 21.8. The molecule has 0 saturated carbocycles. The minimum absolute atomic E-state index is 0.131. The number of rotatable bonds is 4. The number of esters is 1. The van der Waals surface area contributed by atoms with Gasteiger partial charge in [0.2, 0.25) is 0 Å². The lowest BCUT2D eigenvalue weighted by Gasteiger charge is -2.29. The summed E-state index contributed by atoms with van der Waals surface area (Å²) < 4.78 is 10.8. The van der Waals surface area contributed by atoms with E-state index < -0.39 is 18.1 Å². The van der Waals surface area contributed by atoms with E-state index in [0.29, 0.717) is 16.9 Å². The number of carbonyl (C=O) groups excluding carboxylic acids is 2. The van der Waals surface area contributed by atoms with E-state index in [0.717, 1.165) is 25.9 Å². The highest BCUT2D eigenvalue weighted by Crippen LogP contribution is 2.37. The van der Waals surface area contributed by atoms with Gasteiger partial charge in [-0.05, 0) is 45.0 Å². The molecule has 2 aliphatic heterocycles. The fraction of sp³-hybridized carbons (Fsp3) is 0.526. The summed E-state index contributed by atoms with van der Waals surface area (Å²) in [6, 6.07) is 5.67. The molecule has 2 heterocycles. The minimum atomic E-state index is -0.831. The Morgan fingerprint density at radius 3 is 2.65 bits per heavy atom. The molecular weight excluding hydrogens is 334 g/mol. The van der Waals surface area contributed by atoms with Gasteiger partial charge in [-0.1, -0.05) is 0 Å². The van der Waals surface area contributed by atoms with Crippen LogP contribution in [-0.4, -0.2) is 61.1 Å². The molecule has 1 amide bonds. The van der Waals surface area contributed by atoms with E-state index in [1.54, 1.807) is 25.1 Å². The maximum absolute atomic E-state index is 12.7. The fourth-order valence-corrected chi connectivity index (χ4v) is 3.55. The molecule has 1 aromatic rings. The second-order valence-electron chi connectivity index (χ2n) is 6.81. The smallest absolute Gasteiger partial charge is 0.328 e. The monoisotopic (exact) mass is 357 g/mol. The maximum Gasteiger partial charge on any atom is 0.328 e. The van der Waals surface area contributed by atoms with Gasteiger partial charge in [0.15, 0.2) is 0 Å². The van der Waals surface area contributed by atoms with Crippen molar-refractivity contribution >= 4 is 11.9 Å². The van der Waals surface area contributed by atoms with Gasteiger partial charge in [0.1, 0.15) is 23.9 Å². The van der Waals surface area contributed by atoms with Crippen LogP contribution in [0.3, 0.4) is 0 Å². The molecular formula is C19H23N3O4.